The molecular weight excluding hydrogens is 196 g/mol. The number of thioether (sulfide) groups is 1. The highest BCUT2D eigenvalue weighted by Gasteiger charge is 2.14. The van der Waals surface area contributed by atoms with Gasteiger partial charge in [0.15, 0.2) is 0 Å². The van der Waals surface area contributed by atoms with Gasteiger partial charge in [-0.3, -0.25) is 4.68 Å². The zero-order valence-corrected chi connectivity index (χ0v) is 9.26. The third kappa shape index (κ3) is 2.48. The van der Waals surface area contributed by atoms with E-state index in [1.54, 1.807) is 6.33 Å². The maximum atomic E-state index is 4.16. The number of hydrogen-bond donors (Lipinski definition) is 1. The molecule has 0 amide bonds. The summed E-state index contributed by atoms with van der Waals surface area (Å²) in [6, 6.07) is 0. The van der Waals surface area contributed by atoms with Gasteiger partial charge in [-0.05, 0) is 30.4 Å². The zero-order valence-electron chi connectivity index (χ0n) is 8.44. The second-order valence-electron chi connectivity index (χ2n) is 3.66. The molecule has 1 N–H and O–H groups in total. The molecule has 1 aliphatic rings. The van der Waals surface area contributed by atoms with Crippen molar-refractivity contribution in [2.24, 2.45) is 13.0 Å². The van der Waals surface area contributed by atoms with Gasteiger partial charge in [0.1, 0.15) is 12.2 Å². The van der Waals surface area contributed by atoms with Crippen LogP contribution in [0.1, 0.15) is 12.2 Å². The first-order valence-electron chi connectivity index (χ1n) is 4.97. The Hall–Kier alpha value is -0.550. The van der Waals surface area contributed by atoms with Gasteiger partial charge in [0.2, 0.25) is 0 Å². The van der Waals surface area contributed by atoms with Gasteiger partial charge in [0.25, 0.3) is 0 Å². The van der Waals surface area contributed by atoms with E-state index in [-0.39, 0.29) is 0 Å². The number of rotatable bonds is 4. The Morgan fingerprint density at radius 2 is 2.64 bits per heavy atom. The SMILES string of the molecule is Cn1ncnc1CNCC1CCSC1. The molecule has 0 spiro atoms. The molecular formula is C9H16N4S. The standard InChI is InChI=1S/C9H16N4S/c1-13-9(11-7-12-13)5-10-4-8-2-3-14-6-8/h7-8,10H,2-6H2,1H3. The van der Waals surface area contributed by atoms with Gasteiger partial charge >= 0.3 is 0 Å². The largest absolute Gasteiger partial charge is 0.310 e. The topological polar surface area (TPSA) is 42.7 Å². The molecule has 2 rings (SSSR count). The van der Waals surface area contributed by atoms with Crippen molar-refractivity contribution < 1.29 is 0 Å². The van der Waals surface area contributed by atoms with E-state index < -0.39 is 0 Å². The molecule has 1 aromatic heterocycles. The highest BCUT2D eigenvalue weighted by atomic mass is 32.2. The Labute approximate surface area is 88.5 Å². The van der Waals surface area contributed by atoms with E-state index in [0.29, 0.717) is 0 Å². The van der Waals surface area contributed by atoms with Crippen molar-refractivity contribution in [3.05, 3.63) is 12.2 Å². The molecule has 14 heavy (non-hydrogen) atoms. The molecule has 78 valence electrons. The van der Waals surface area contributed by atoms with Crippen LogP contribution in [0.15, 0.2) is 6.33 Å². The number of aryl methyl sites for hydroxylation is 1. The van der Waals surface area contributed by atoms with Crippen molar-refractivity contribution in [2.45, 2.75) is 13.0 Å². The van der Waals surface area contributed by atoms with Crippen molar-refractivity contribution in [1.82, 2.24) is 20.1 Å². The summed E-state index contributed by atoms with van der Waals surface area (Å²) in [5.41, 5.74) is 0. The van der Waals surface area contributed by atoms with Gasteiger partial charge in [-0.2, -0.15) is 16.9 Å². The summed E-state index contributed by atoms with van der Waals surface area (Å²) in [7, 11) is 1.93. The molecule has 2 heterocycles. The normalized spacial score (nSPS) is 21.6. The van der Waals surface area contributed by atoms with Crippen LogP contribution in [0.5, 0.6) is 0 Å². The molecule has 5 heteroatoms. The lowest BCUT2D eigenvalue weighted by molar-refractivity contribution is 0.508. The van der Waals surface area contributed by atoms with Crippen LogP contribution in [-0.4, -0.2) is 32.8 Å². The molecule has 1 saturated heterocycles. The molecule has 0 radical (unpaired) electrons. The molecule has 1 atom stereocenters. The van der Waals surface area contributed by atoms with E-state index in [1.165, 1.54) is 17.9 Å². The van der Waals surface area contributed by atoms with Gasteiger partial charge in [-0.25, -0.2) is 4.98 Å². The first-order valence-corrected chi connectivity index (χ1v) is 6.13. The monoisotopic (exact) mass is 212 g/mol. The van der Waals surface area contributed by atoms with E-state index in [1.807, 2.05) is 11.7 Å². The molecule has 1 aliphatic heterocycles. The Bertz CT molecular complexity index is 280. The summed E-state index contributed by atoms with van der Waals surface area (Å²) in [6.07, 6.45) is 2.96. The van der Waals surface area contributed by atoms with E-state index in [4.69, 9.17) is 0 Å². The van der Waals surface area contributed by atoms with Gasteiger partial charge in [-0.1, -0.05) is 0 Å². The van der Waals surface area contributed by atoms with Crippen LogP contribution in [0.25, 0.3) is 0 Å². The minimum Gasteiger partial charge on any atom is -0.310 e. The molecule has 1 aromatic rings. The van der Waals surface area contributed by atoms with Crippen molar-refractivity contribution in [1.29, 1.82) is 0 Å². The number of hydrogen-bond acceptors (Lipinski definition) is 4. The summed E-state index contributed by atoms with van der Waals surface area (Å²) in [4.78, 5) is 4.16. The molecule has 0 aromatic carbocycles. The molecule has 0 saturated carbocycles. The quantitative estimate of drug-likeness (QED) is 0.796. The minimum absolute atomic E-state index is 0.831. The summed E-state index contributed by atoms with van der Waals surface area (Å²) in [5, 5.41) is 7.46. The fourth-order valence-corrected chi connectivity index (χ4v) is 2.90. The van der Waals surface area contributed by atoms with E-state index >= 15 is 0 Å². The van der Waals surface area contributed by atoms with Crippen molar-refractivity contribution >= 4 is 11.8 Å². The number of aromatic nitrogens is 3. The van der Waals surface area contributed by atoms with E-state index in [9.17, 15) is 0 Å². The lowest BCUT2D eigenvalue weighted by atomic mass is 10.1. The van der Waals surface area contributed by atoms with Gasteiger partial charge < -0.3 is 5.32 Å². The lowest BCUT2D eigenvalue weighted by Gasteiger charge is -2.08. The first kappa shape index (κ1) is 9.98. The first-order chi connectivity index (χ1) is 6.86. The van der Waals surface area contributed by atoms with Gasteiger partial charge in [-0.15, -0.1) is 0 Å². The zero-order chi connectivity index (χ0) is 9.80. The Balaban J connectivity index is 1.70. The van der Waals surface area contributed by atoms with Gasteiger partial charge in [0.05, 0.1) is 6.54 Å². The lowest BCUT2D eigenvalue weighted by Crippen LogP contribution is -2.23. The molecule has 1 unspecified atom stereocenters. The van der Waals surface area contributed by atoms with Crippen LogP contribution >= 0.6 is 11.8 Å². The third-order valence-electron chi connectivity index (χ3n) is 2.55. The van der Waals surface area contributed by atoms with Crippen LogP contribution < -0.4 is 5.32 Å². The summed E-state index contributed by atoms with van der Waals surface area (Å²) in [5.74, 6) is 4.51. The predicted octanol–water partition coefficient (Wildman–Crippen LogP) is 0.658. The van der Waals surface area contributed by atoms with Crippen LogP contribution in [0.4, 0.5) is 0 Å². The summed E-state index contributed by atoms with van der Waals surface area (Å²) < 4.78 is 1.82. The smallest absolute Gasteiger partial charge is 0.140 e. The third-order valence-corrected chi connectivity index (χ3v) is 3.78. The molecule has 0 aliphatic carbocycles. The second kappa shape index (κ2) is 4.79. The fourth-order valence-electron chi connectivity index (χ4n) is 1.61. The highest BCUT2D eigenvalue weighted by molar-refractivity contribution is 7.99. The maximum Gasteiger partial charge on any atom is 0.140 e. The summed E-state index contributed by atoms with van der Waals surface area (Å²) in [6.45, 7) is 1.94. The fraction of sp³-hybridized carbons (Fsp3) is 0.778. The molecule has 1 fully saturated rings. The van der Waals surface area contributed by atoms with Crippen LogP contribution in [-0.2, 0) is 13.6 Å². The Kier molecular flexibility index (Phi) is 3.42. The number of nitrogens with one attached hydrogen (secondary N) is 1. The van der Waals surface area contributed by atoms with E-state index in [2.05, 4.69) is 27.2 Å². The van der Waals surface area contributed by atoms with Crippen molar-refractivity contribution in [3.8, 4) is 0 Å². The molecule has 0 bridgehead atoms. The van der Waals surface area contributed by atoms with Crippen LogP contribution in [0.3, 0.4) is 0 Å². The van der Waals surface area contributed by atoms with Gasteiger partial charge in [0, 0.05) is 7.05 Å². The number of nitrogens with zero attached hydrogens (tertiary/aromatic N) is 3. The summed E-state index contributed by atoms with van der Waals surface area (Å²) >= 11 is 2.06. The highest BCUT2D eigenvalue weighted by Crippen LogP contribution is 2.22. The second-order valence-corrected chi connectivity index (χ2v) is 4.81. The molecule has 4 nitrogen and oxygen atoms in total. The average Bonchev–Trinajstić information content (AvgIpc) is 2.78. The van der Waals surface area contributed by atoms with E-state index in [0.717, 1.165) is 24.8 Å². The van der Waals surface area contributed by atoms with Crippen LogP contribution in [0.2, 0.25) is 0 Å². The Morgan fingerprint density at radius 1 is 1.71 bits per heavy atom. The van der Waals surface area contributed by atoms with Crippen molar-refractivity contribution in [3.63, 3.8) is 0 Å². The van der Waals surface area contributed by atoms with Crippen molar-refractivity contribution in [2.75, 3.05) is 18.1 Å². The maximum absolute atomic E-state index is 4.16. The predicted molar refractivity (Wildman–Crippen MR) is 58.1 cm³/mol. The Morgan fingerprint density at radius 3 is 3.29 bits per heavy atom. The minimum atomic E-state index is 0.831. The average molecular weight is 212 g/mol. The van der Waals surface area contributed by atoms with Crippen LogP contribution in [0, 0.1) is 5.92 Å².